The summed E-state index contributed by atoms with van der Waals surface area (Å²) in [7, 11) is 0. The molecule has 23 heavy (non-hydrogen) atoms. The lowest BCUT2D eigenvalue weighted by atomic mass is 10.1. The van der Waals surface area contributed by atoms with Crippen LogP contribution in [0.25, 0.3) is 0 Å². The van der Waals surface area contributed by atoms with Gasteiger partial charge in [-0.05, 0) is 12.5 Å². The molecule has 0 atom stereocenters. The van der Waals surface area contributed by atoms with E-state index in [0.29, 0.717) is 5.88 Å². The average molecular weight is 317 g/mol. The second-order valence-electron chi connectivity index (χ2n) is 5.03. The lowest BCUT2D eigenvalue weighted by molar-refractivity contribution is -0.191. The topological polar surface area (TPSA) is 85.5 Å². The SMILES string of the molecule is CCc1coc(N2CCC(Oc3ccccn3)CC2)n1.O=C=O. The highest BCUT2D eigenvalue weighted by atomic mass is 16.5. The molecular weight excluding hydrogens is 298 g/mol. The summed E-state index contributed by atoms with van der Waals surface area (Å²) in [5, 5.41) is 0. The largest absolute Gasteiger partial charge is 0.474 e. The van der Waals surface area contributed by atoms with Gasteiger partial charge in [0, 0.05) is 38.2 Å². The van der Waals surface area contributed by atoms with Gasteiger partial charge in [0.1, 0.15) is 12.4 Å². The van der Waals surface area contributed by atoms with Crippen molar-refractivity contribution in [3.8, 4) is 5.88 Å². The molecule has 3 rings (SSSR count). The van der Waals surface area contributed by atoms with Crippen LogP contribution in [0.3, 0.4) is 0 Å². The van der Waals surface area contributed by atoms with Crippen LogP contribution in [0.2, 0.25) is 0 Å². The monoisotopic (exact) mass is 317 g/mol. The highest BCUT2D eigenvalue weighted by Gasteiger charge is 2.23. The molecule has 0 saturated carbocycles. The Kier molecular flexibility index (Phi) is 6.32. The van der Waals surface area contributed by atoms with Gasteiger partial charge in [-0.3, -0.25) is 0 Å². The maximum atomic E-state index is 8.12. The smallest absolute Gasteiger partial charge is 0.373 e. The number of piperidine rings is 1. The molecule has 1 fully saturated rings. The van der Waals surface area contributed by atoms with E-state index in [1.54, 1.807) is 12.5 Å². The van der Waals surface area contributed by atoms with Gasteiger partial charge in [0.25, 0.3) is 6.01 Å². The zero-order chi connectivity index (χ0) is 16.5. The molecule has 1 aliphatic rings. The Morgan fingerprint density at radius 3 is 2.65 bits per heavy atom. The predicted molar refractivity (Wildman–Crippen MR) is 81.0 cm³/mol. The molecule has 2 aromatic rings. The van der Waals surface area contributed by atoms with Crippen molar-refractivity contribution < 1.29 is 18.7 Å². The van der Waals surface area contributed by atoms with Crippen LogP contribution in [0, 0.1) is 0 Å². The van der Waals surface area contributed by atoms with Gasteiger partial charge >= 0.3 is 6.15 Å². The minimum absolute atomic E-state index is 0.224. The number of aromatic nitrogens is 2. The normalized spacial score (nSPS) is 14.6. The van der Waals surface area contributed by atoms with E-state index >= 15 is 0 Å². The van der Waals surface area contributed by atoms with Crippen LogP contribution in [0.4, 0.5) is 6.01 Å². The molecule has 0 bridgehead atoms. The summed E-state index contributed by atoms with van der Waals surface area (Å²) in [5.74, 6) is 0.704. The van der Waals surface area contributed by atoms with Crippen LogP contribution in [0.1, 0.15) is 25.5 Å². The summed E-state index contributed by atoms with van der Waals surface area (Å²) in [6.45, 7) is 3.89. The van der Waals surface area contributed by atoms with E-state index in [2.05, 4.69) is 21.8 Å². The van der Waals surface area contributed by atoms with Gasteiger partial charge in [-0.1, -0.05) is 13.0 Å². The highest BCUT2D eigenvalue weighted by molar-refractivity contribution is 5.28. The first-order valence-electron chi connectivity index (χ1n) is 7.53. The van der Waals surface area contributed by atoms with Crippen LogP contribution in [-0.4, -0.2) is 35.3 Å². The molecule has 1 saturated heterocycles. The zero-order valence-corrected chi connectivity index (χ0v) is 13.0. The number of ether oxygens (including phenoxy) is 1. The van der Waals surface area contributed by atoms with Crippen molar-refractivity contribution in [1.82, 2.24) is 9.97 Å². The fraction of sp³-hybridized carbons (Fsp3) is 0.438. The van der Waals surface area contributed by atoms with E-state index in [1.165, 1.54) is 0 Å². The Labute approximate surface area is 134 Å². The molecular formula is C16H19N3O4. The van der Waals surface area contributed by atoms with Gasteiger partial charge in [-0.25, -0.2) is 4.98 Å². The second kappa shape index (κ2) is 8.70. The maximum Gasteiger partial charge on any atom is 0.373 e. The van der Waals surface area contributed by atoms with Crippen LogP contribution in [-0.2, 0) is 16.0 Å². The Hall–Kier alpha value is -2.66. The summed E-state index contributed by atoms with van der Waals surface area (Å²) in [6.07, 6.45) is 6.79. The summed E-state index contributed by atoms with van der Waals surface area (Å²) < 4.78 is 11.4. The molecule has 0 amide bonds. The fourth-order valence-electron chi connectivity index (χ4n) is 2.36. The van der Waals surface area contributed by atoms with Crippen molar-refractivity contribution in [1.29, 1.82) is 0 Å². The molecule has 7 nitrogen and oxygen atoms in total. The number of aryl methyl sites for hydroxylation is 1. The average Bonchev–Trinajstić information content (AvgIpc) is 3.06. The first-order valence-corrected chi connectivity index (χ1v) is 7.53. The first kappa shape index (κ1) is 16.7. The molecule has 0 spiro atoms. The standard InChI is InChI=1S/C15H19N3O2.CO2/c1-2-12-11-19-15(17-12)18-9-6-13(7-10-18)20-14-5-3-4-8-16-14;2-1-3/h3-5,8,11,13H,2,6-7,9-10H2,1H3;. The van der Waals surface area contributed by atoms with Gasteiger partial charge in [-0.15, -0.1) is 0 Å². The van der Waals surface area contributed by atoms with Crippen LogP contribution in [0.15, 0.2) is 35.1 Å². The minimum atomic E-state index is 0.224. The van der Waals surface area contributed by atoms with Gasteiger partial charge in [-0.2, -0.15) is 14.6 Å². The Bertz CT molecular complexity index is 615. The van der Waals surface area contributed by atoms with E-state index in [1.807, 2.05) is 18.2 Å². The third kappa shape index (κ3) is 4.93. The van der Waals surface area contributed by atoms with Crippen molar-refractivity contribution >= 4 is 12.2 Å². The Balaban J connectivity index is 0.000000595. The van der Waals surface area contributed by atoms with E-state index in [4.69, 9.17) is 18.7 Å². The van der Waals surface area contributed by atoms with E-state index < -0.39 is 0 Å². The number of pyridine rings is 1. The number of carbonyl (C=O) groups excluding carboxylic acids is 2. The van der Waals surface area contributed by atoms with Crippen molar-refractivity contribution in [3.05, 3.63) is 36.4 Å². The second-order valence-corrected chi connectivity index (χ2v) is 5.03. The van der Waals surface area contributed by atoms with Crippen molar-refractivity contribution in [2.45, 2.75) is 32.3 Å². The lowest BCUT2D eigenvalue weighted by Gasteiger charge is -2.30. The summed E-state index contributed by atoms with van der Waals surface area (Å²) >= 11 is 0. The van der Waals surface area contributed by atoms with Gasteiger partial charge in [0.05, 0.1) is 5.69 Å². The summed E-state index contributed by atoms with van der Waals surface area (Å²) in [6, 6.07) is 6.46. The third-order valence-electron chi connectivity index (χ3n) is 3.54. The lowest BCUT2D eigenvalue weighted by Crippen LogP contribution is -2.38. The van der Waals surface area contributed by atoms with E-state index in [0.717, 1.165) is 44.1 Å². The fourth-order valence-corrected chi connectivity index (χ4v) is 2.36. The van der Waals surface area contributed by atoms with Crippen molar-refractivity contribution in [2.24, 2.45) is 0 Å². The molecule has 3 heterocycles. The van der Waals surface area contributed by atoms with Gasteiger partial charge < -0.3 is 14.1 Å². The molecule has 0 radical (unpaired) electrons. The molecule has 2 aromatic heterocycles. The Morgan fingerprint density at radius 1 is 1.35 bits per heavy atom. The first-order chi connectivity index (χ1) is 11.3. The number of hydrogen-bond acceptors (Lipinski definition) is 7. The Morgan fingerprint density at radius 2 is 2.09 bits per heavy atom. The summed E-state index contributed by atoms with van der Waals surface area (Å²) in [5.41, 5.74) is 1.01. The van der Waals surface area contributed by atoms with Gasteiger partial charge in [0.15, 0.2) is 0 Å². The zero-order valence-electron chi connectivity index (χ0n) is 13.0. The van der Waals surface area contributed by atoms with Crippen molar-refractivity contribution in [3.63, 3.8) is 0 Å². The third-order valence-corrected chi connectivity index (χ3v) is 3.54. The predicted octanol–water partition coefficient (Wildman–Crippen LogP) is 2.10. The number of rotatable bonds is 4. The van der Waals surface area contributed by atoms with Crippen molar-refractivity contribution in [2.75, 3.05) is 18.0 Å². The molecule has 0 aromatic carbocycles. The molecule has 0 aliphatic carbocycles. The summed E-state index contributed by atoms with van der Waals surface area (Å²) in [4.78, 5) is 27.1. The van der Waals surface area contributed by atoms with Crippen LogP contribution < -0.4 is 9.64 Å². The molecule has 0 N–H and O–H groups in total. The number of hydrogen-bond donors (Lipinski definition) is 0. The highest BCUT2D eigenvalue weighted by Crippen LogP contribution is 2.22. The number of oxazole rings is 1. The molecule has 7 heteroatoms. The van der Waals surface area contributed by atoms with Crippen LogP contribution >= 0.6 is 0 Å². The van der Waals surface area contributed by atoms with Gasteiger partial charge in [0.2, 0.25) is 5.88 Å². The quantitative estimate of drug-likeness (QED) is 0.853. The maximum absolute atomic E-state index is 8.12. The minimum Gasteiger partial charge on any atom is -0.474 e. The molecule has 0 unspecified atom stereocenters. The molecule has 1 aliphatic heterocycles. The van der Waals surface area contributed by atoms with E-state index in [9.17, 15) is 0 Å². The number of nitrogens with zero attached hydrogens (tertiary/aromatic N) is 3. The number of anilines is 1. The van der Waals surface area contributed by atoms with Crippen LogP contribution in [0.5, 0.6) is 5.88 Å². The van der Waals surface area contributed by atoms with E-state index in [-0.39, 0.29) is 12.3 Å². The molecule has 122 valence electrons.